The molecular formula is C15H19NO4S. The van der Waals surface area contributed by atoms with Gasteiger partial charge < -0.3 is 15.2 Å². The summed E-state index contributed by atoms with van der Waals surface area (Å²) in [5, 5.41) is 11.5. The number of carboxylic acids is 1. The number of carbonyl (C=O) groups excluding carboxylic acids is 1. The minimum atomic E-state index is -0.823. The van der Waals surface area contributed by atoms with E-state index in [9.17, 15) is 9.59 Å². The topological polar surface area (TPSA) is 75.6 Å². The summed E-state index contributed by atoms with van der Waals surface area (Å²) in [5.74, 6) is -0.252. The molecule has 1 aliphatic carbocycles. The molecule has 1 fully saturated rings. The summed E-state index contributed by atoms with van der Waals surface area (Å²) in [6.07, 6.45) is 2.51. The monoisotopic (exact) mass is 309 g/mol. The van der Waals surface area contributed by atoms with Crippen LogP contribution in [0.2, 0.25) is 0 Å². The number of methoxy groups -OCH3 is 1. The lowest BCUT2D eigenvalue weighted by molar-refractivity contribution is -0.148. The molecule has 5 nitrogen and oxygen atoms in total. The molecule has 1 aromatic rings. The van der Waals surface area contributed by atoms with Gasteiger partial charge in [-0.2, -0.15) is 0 Å². The van der Waals surface area contributed by atoms with Gasteiger partial charge >= 0.3 is 5.97 Å². The average Bonchev–Trinajstić information content (AvgIpc) is 2.38. The zero-order valence-electron chi connectivity index (χ0n) is 11.9. The highest BCUT2D eigenvalue weighted by atomic mass is 32.2. The number of nitrogens with one attached hydrogen (secondary N) is 1. The van der Waals surface area contributed by atoms with Gasteiger partial charge in [-0.05, 0) is 37.0 Å². The molecule has 2 N–H and O–H groups in total. The molecule has 0 aromatic heterocycles. The molecule has 1 amide bonds. The molecule has 0 aliphatic heterocycles. The van der Waals surface area contributed by atoms with Crippen LogP contribution in [0.3, 0.4) is 0 Å². The van der Waals surface area contributed by atoms with E-state index in [0.29, 0.717) is 5.75 Å². The molecule has 6 heteroatoms. The van der Waals surface area contributed by atoms with Crippen LogP contribution in [-0.2, 0) is 20.1 Å². The van der Waals surface area contributed by atoms with Crippen LogP contribution in [-0.4, -0.2) is 35.4 Å². The Morgan fingerprint density at radius 1 is 1.43 bits per heavy atom. The highest BCUT2D eigenvalue weighted by Crippen LogP contribution is 2.36. The molecule has 0 bridgehead atoms. The van der Waals surface area contributed by atoms with Crippen LogP contribution in [0.15, 0.2) is 24.3 Å². The van der Waals surface area contributed by atoms with Crippen molar-refractivity contribution in [2.24, 2.45) is 0 Å². The van der Waals surface area contributed by atoms with Crippen LogP contribution in [0.5, 0.6) is 0 Å². The SMILES string of the molecule is COC1(C(=O)Nc2cccc(CSCC(=O)O)c2)CCC1. The molecule has 1 aliphatic rings. The largest absolute Gasteiger partial charge is 0.481 e. The number of hydrogen-bond acceptors (Lipinski definition) is 4. The molecule has 114 valence electrons. The summed E-state index contributed by atoms with van der Waals surface area (Å²) in [7, 11) is 1.57. The maximum atomic E-state index is 12.2. The highest BCUT2D eigenvalue weighted by molar-refractivity contribution is 7.99. The van der Waals surface area contributed by atoms with Gasteiger partial charge in [0.15, 0.2) is 0 Å². The first-order valence-corrected chi connectivity index (χ1v) is 7.96. The van der Waals surface area contributed by atoms with Crippen LogP contribution in [0.25, 0.3) is 0 Å². The molecule has 0 spiro atoms. The lowest BCUT2D eigenvalue weighted by Crippen LogP contribution is -2.50. The molecule has 0 heterocycles. The van der Waals surface area contributed by atoms with Gasteiger partial charge in [0, 0.05) is 18.6 Å². The molecular weight excluding hydrogens is 290 g/mol. The van der Waals surface area contributed by atoms with Gasteiger partial charge in [-0.25, -0.2) is 0 Å². The van der Waals surface area contributed by atoms with Crippen molar-refractivity contribution in [2.45, 2.75) is 30.6 Å². The Kier molecular flexibility index (Phi) is 5.25. The number of amides is 1. The molecule has 21 heavy (non-hydrogen) atoms. The van der Waals surface area contributed by atoms with Crippen molar-refractivity contribution in [1.29, 1.82) is 0 Å². The van der Waals surface area contributed by atoms with E-state index in [-0.39, 0.29) is 11.7 Å². The second-order valence-electron chi connectivity index (χ2n) is 5.09. The predicted octanol–water partition coefficient (Wildman–Crippen LogP) is 2.51. The van der Waals surface area contributed by atoms with Crippen molar-refractivity contribution in [3.8, 4) is 0 Å². The van der Waals surface area contributed by atoms with Crippen molar-refractivity contribution in [3.05, 3.63) is 29.8 Å². The van der Waals surface area contributed by atoms with Gasteiger partial charge in [-0.3, -0.25) is 9.59 Å². The van der Waals surface area contributed by atoms with Gasteiger partial charge in [0.2, 0.25) is 0 Å². The number of carboxylic acid groups (broad SMARTS) is 1. The van der Waals surface area contributed by atoms with Gasteiger partial charge in [0.25, 0.3) is 5.91 Å². The Morgan fingerprint density at radius 3 is 2.76 bits per heavy atom. The molecule has 2 rings (SSSR count). The van der Waals surface area contributed by atoms with Crippen molar-refractivity contribution in [1.82, 2.24) is 0 Å². The molecule has 0 unspecified atom stereocenters. The summed E-state index contributed by atoms with van der Waals surface area (Å²) in [6, 6.07) is 7.46. The summed E-state index contributed by atoms with van der Waals surface area (Å²) in [5.41, 5.74) is 1.03. The third-order valence-corrected chi connectivity index (χ3v) is 4.63. The second-order valence-corrected chi connectivity index (χ2v) is 6.08. The summed E-state index contributed by atoms with van der Waals surface area (Å²) in [6.45, 7) is 0. The lowest BCUT2D eigenvalue weighted by atomic mass is 9.79. The summed E-state index contributed by atoms with van der Waals surface area (Å²) in [4.78, 5) is 22.7. The van der Waals surface area contributed by atoms with Crippen LogP contribution in [0.4, 0.5) is 5.69 Å². The first kappa shape index (κ1) is 15.9. The van der Waals surface area contributed by atoms with E-state index in [1.807, 2.05) is 24.3 Å². The van der Waals surface area contributed by atoms with E-state index in [4.69, 9.17) is 9.84 Å². The van der Waals surface area contributed by atoms with Crippen molar-refractivity contribution in [2.75, 3.05) is 18.2 Å². The third kappa shape index (κ3) is 3.98. The van der Waals surface area contributed by atoms with E-state index in [0.717, 1.165) is 30.5 Å². The maximum absolute atomic E-state index is 12.2. The Morgan fingerprint density at radius 2 is 2.19 bits per heavy atom. The fraction of sp³-hybridized carbons (Fsp3) is 0.467. The quantitative estimate of drug-likeness (QED) is 0.809. The van der Waals surface area contributed by atoms with Crippen molar-refractivity contribution in [3.63, 3.8) is 0 Å². The van der Waals surface area contributed by atoms with Gasteiger partial charge in [-0.15, -0.1) is 11.8 Å². The fourth-order valence-corrected chi connectivity index (χ4v) is 2.95. The normalized spacial score (nSPS) is 16.0. The van der Waals surface area contributed by atoms with E-state index in [2.05, 4.69) is 5.32 Å². The second kappa shape index (κ2) is 6.95. The number of ether oxygens (including phenoxy) is 1. The third-order valence-electron chi connectivity index (χ3n) is 3.64. The van der Waals surface area contributed by atoms with E-state index in [1.54, 1.807) is 7.11 Å². The molecule has 1 saturated carbocycles. The summed E-state index contributed by atoms with van der Waals surface area (Å²) < 4.78 is 5.35. The fourth-order valence-electron chi connectivity index (χ4n) is 2.26. The van der Waals surface area contributed by atoms with Crippen LogP contribution >= 0.6 is 11.8 Å². The minimum Gasteiger partial charge on any atom is -0.481 e. The number of carbonyl (C=O) groups is 2. The molecule has 1 aromatic carbocycles. The Bertz CT molecular complexity index is 523. The van der Waals surface area contributed by atoms with Crippen molar-refractivity contribution < 1.29 is 19.4 Å². The number of hydrogen-bond donors (Lipinski definition) is 2. The Labute approximate surface area is 128 Å². The summed E-state index contributed by atoms with van der Waals surface area (Å²) >= 11 is 1.33. The minimum absolute atomic E-state index is 0.0728. The number of anilines is 1. The maximum Gasteiger partial charge on any atom is 0.313 e. The number of benzene rings is 1. The van der Waals surface area contributed by atoms with E-state index < -0.39 is 11.6 Å². The van der Waals surface area contributed by atoms with E-state index >= 15 is 0 Å². The number of rotatable bonds is 7. The lowest BCUT2D eigenvalue weighted by Gasteiger charge is -2.38. The van der Waals surface area contributed by atoms with Gasteiger partial charge in [0.1, 0.15) is 5.60 Å². The van der Waals surface area contributed by atoms with Crippen LogP contribution in [0, 0.1) is 0 Å². The first-order chi connectivity index (χ1) is 10.1. The highest BCUT2D eigenvalue weighted by Gasteiger charge is 2.44. The van der Waals surface area contributed by atoms with Gasteiger partial charge in [0.05, 0.1) is 5.75 Å². The van der Waals surface area contributed by atoms with Crippen LogP contribution < -0.4 is 5.32 Å². The average molecular weight is 309 g/mol. The standard InChI is InChI=1S/C15H19NO4S/c1-20-15(6-3-7-15)14(19)16-12-5-2-4-11(8-12)9-21-10-13(17)18/h2,4-5,8H,3,6-7,9-10H2,1H3,(H,16,19)(H,17,18). The molecule has 0 atom stereocenters. The Hall–Kier alpha value is -1.53. The molecule has 0 saturated heterocycles. The smallest absolute Gasteiger partial charge is 0.313 e. The number of aliphatic carboxylic acids is 1. The number of thioether (sulfide) groups is 1. The zero-order chi connectivity index (χ0) is 15.3. The van der Waals surface area contributed by atoms with Gasteiger partial charge in [-0.1, -0.05) is 12.1 Å². The first-order valence-electron chi connectivity index (χ1n) is 6.81. The van der Waals surface area contributed by atoms with E-state index in [1.165, 1.54) is 11.8 Å². The molecule has 0 radical (unpaired) electrons. The van der Waals surface area contributed by atoms with Crippen molar-refractivity contribution >= 4 is 29.3 Å². The Balaban J connectivity index is 1.94. The predicted molar refractivity (Wildman–Crippen MR) is 82.5 cm³/mol. The zero-order valence-corrected chi connectivity index (χ0v) is 12.7. The van der Waals surface area contributed by atoms with Crippen LogP contribution in [0.1, 0.15) is 24.8 Å².